The number of hydrogen-bond acceptors (Lipinski definition) is 5. The second kappa shape index (κ2) is 7.28. The molecule has 0 heterocycles. The van der Waals surface area contributed by atoms with Gasteiger partial charge in [-0.15, -0.1) is 0 Å². The average Bonchev–Trinajstić information content (AvgIpc) is 2.53. The van der Waals surface area contributed by atoms with Crippen LogP contribution in [0.25, 0.3) is 0 Å². The highest BCUT2D eigenvalue weighted by molar-refractivity contribution is 7.87. The van der Waals surface area contributed by atoms with Gasteiger partial charge in [-0.05, 0) is 61.7 Å². The Morgan fingerprint density at radius 2 is 1.83 bits per heavy atom. The molecule has 0 unspecified atom stereocenters. The third-order valence-corrected chi connectivity index (χ3v) is 4.88. The number of carbonyl (C=O) groups is 1. The van der Waals surface area contributed by atoms with Crippen LogP contribution in [0, 0.1) is 18.3 Å². The highest BCUT2D eigenvalue weighted by atomic mass is 32.2. The van der Waals surface area contributed by atoms with E-state index in [4.69, 9.17) is 9.44 Å². The van der Waals surface area contributed by atoms with Crippen molar-refractivity contribution in [2.75, 3.05) is 0 Å². The smallest absolute Gasteiger partial charge is 0.339 e. The molecule has 0 aromatic heterocycles. The maximum Gasteiger partial charge on any atom is 0.339 e. The van der Waals surface area contributed by atoms with Gasteiger partial charge in [0, 0.05) is 6.42 Å². The molecule has 0 fully saturated rings. The maximum absolute atomic E-state index is 12.4. The van der Waals surface area contributed by atoms with Gasteiger partial charge in [0.25, 0.3) is 0 Å². The van der Waals surface area contributed by atoms with Gasteiger partial charge in [-0.1, -0.05) is 12.1 Å². The molecule has 0 amide bonds. The fourth-order valence-electron chi connectivity index (χ4n) is 2.20. The first kappa shape index (κ1) is 17.7. The standard InChI is InChI=1S/C18H17NO4S/c1-13-11-16(12-19)7-10-18(13)24(21,22)23-17-8-5-15(6-9-17)4-3-14(2)20/h5-11H,3-4H2,1-2H3. The van der Waals surface area contributed by atoms with E-state index in [9.17, 15) is 13.2 Å². The Morgan fingerprint density at radius 1 is 1.17 bits per heavy atom. The zero-order valence-electron chi connectivity index (χ0n) is 13.4. The molecule has 2 rings (SSSR count). The minimum absolute atomic E-state index is 0.0298. The second-order valence-electron chi connectivity index (χ2n) is 5.48. The lowest BCUT2D eigenvalue weighted by molar-refractivity contribution is -0.116. The molecule has 0 spiro atoms. The normalized spacial score (nSPS) is 10.9. The molecule has 2 aromatic carbocycles. The van der Waals surface area contributed by atoms with Gasteiger partial charge in [0.2, 0.25) is 0 Å². The predicted molar refractivity (Wildman–Crippen MR) is 89.2 cm³/mol. The number of nitriles is 1. The minimum Gasteiger partial charge on any atom is -0.379 e. The highest BCUT2D eigenvalue weighted by Crippen LogP contribution is 2.22. The van der Waals surface area contributed by atoms with Crippen molar-refractivity contribution in [3.63, 3.8) is 0 Å². The summed E-state index contributed by atoms with van der Waals surface area (Å²) in [4.78, 5) is 11.0. The van der Waals surface area contributed by atoms with Crippen molar-refractivity contribution in [3.8, 4) is 11.8 Å². The van der Waals surface area contributed by atoms with E-state index in [1.165, 1.54) is 25.1 Å². The summed E-state index contributed by atoms with van der Waals surface area (Å²) in [5.41, 5.74) is 1.78. The molecule has 124 valence electrons. The van der Waals surface area contributed by atoms with Gasteiger partial charge in [0.05, 0.1) is 11.6 Å². The first-order chi connectivity index (χ1) is 11.3. The lowest BCUT2D eigenvalue weighted by Crippen LogP contribution is -2.11. The van der Waals surface area contributed by atoms with Crippen molar-refractivity contribution >= 4 is 15.9 Å². The van der Waals surface area contributed by atoms with Crippen molar-refractivity contribution in [2.24, 2.45) is 0 Å². The van der Waals surface area contributed by atoms with Crippen LogP contribution in [0.5, 0.6) is 5.75 Å². The maximum atomic E-state index is 12.4. The number of carbonyl (C=O) groups excluding carboxylic acids is 1. The molecular weight excluding hydrogens is 326 g/mol. The van der Waals surface area contributed by atoms with Crippen LogP contribution in [-0.2, 0) is 21.3 Å². The van der Waals surface area contributed by atoms with Gasteiger partial charge in [-0.25, -0.2) is 0 Å². The third-order valence-electron chi connectivity index (χ3n) is 3.47. The Labute approximate surface area is 141 Å². The summed E-state index contributed by atoms with van der Waals surface area (Å²) in [7, 11) is -3.97. The Bertz CT molecular complexity index is 894. The summed E-state index contributed by atoms with van der Waals surface area (Å²) in [6.45, 7) is 3.14. The van der Waals surface area contributed by atoms with E-state index < -0.39 is 10.1 Å². The van der Waals surface area contributed by atoms with Gasteiger partial charge >= 0.3 is 10.1 Å². The van der Waals surface area contributed by atoms with E-state index in [-0.39, 0.29) is 16.4 Å². The van der Waals surface area contributed by atoms with Crippen LogP contribution in [0.15, 0.2) is 47.4 Å². The molecule has 24 heavy (non-hydrogen) atoms. The summed E-state index contributed by atoms with van der Waals surface area (Å²) in [6, 6.07) is 12.9. The van der Waals surface area contributed by atoms with E-state index >= 15 is 0 Å². The number of aryl methyl sites for hydroxylation is 2. The zero-order chi connectivity index (χ0) is 17.7. The Balaban J connectivity index is 2.17. The van der Waals surface area contributed by atoms with Gasteiger partial charge in [-0.2, -0.15) is 13.7 Å². The highest BCUT2D eigenvalue weighted by Gasteiger charge is 2.19. The molecule has 6 heteroatoms. The largest absolute Gasteiger partial charge is 0.379 e. The SMILES string of the molecule is CC(=O)CCc1ccc(OS(=O)(=O)c2ccc(C#N)cc2C)cc1. The lowest BCUT2D eigenvalue weighted by Gasteiger charge is -2.10. The Hall–Kier alpha value is -2.65. The second-order valence-corrected chi connectivity index (χ2v) is 6.99. The van der Waals surface area contributed by atoms with Gasteiger partial charge in [0.1, 0.15) is 16.4 Å². The topological polar surface area (TPSA) is 84.2 Å². The first-order valence-corrected chi connectivity index (χ1v) is 8.76. The molecule has 0 atom stereocenters. The first-order valence-electron chi connectivity index (χ1n) is 7.35. The number of nitrogens with zero attached hydrogens (tertiary/aromatic N) is 1. The van der Waals surface area contributed by atoms with Gasteiger partial charge in [0.15, 0.2) is 0 Å². The molecule has 0 aliphatic rings. The number of ketones is 1. The van der Waals surface area contributed by atoms with Crippen molar-refractivity contribution in [2.45, 2.75) is 31.6 Å². The van der Waals surface area contributed by atoms with Gasteiger partial charge in [-0.3, -0.25) is 0 Å². The molecule has 0 aliphatic heterocycles. The fourth-order valence-corrected chi connectivity index (χ4v) is 3.35. The molecule has 5 nitrogen and oxygen atoms in total. The lowest BCUT2D eigenvalue weighted by atomic mass is 10.1. The molecule has 0 bridgehead atoms. The number of rotatable bonds is 6. The molecular formula is C18H17NO4S. The molecule has 0 saturated heterocycles. The van der Waals surface area contributed by atoms with Crippen LogP contribution < -0.4 is 4.18 Å². The third kappa shape index (κ3) is 4.43. The van der Waals surface area contributed by atoms with Crippen LogP contribution in [0.3, 0.4) is 0 Å². The van der Waals surface area contributed by atoms with Crippen LogP contribution in [-0.4, -0.2) is 14.2 Å². The van der Waals surface area contributed by atoms with Crippen LogP contribution in [0.4, 0.5) is 0 Å². The van der Waals surface area contributed by atoms with Gasteiger partial charge < -0.3 is 8.98 Å². The van der Waals surface area contributed by atoms with Crippen LogP contribution in [0.1, 0.15) is 30.0 Å². The minimum atomic E-state index is -3.97. The Morgan fingerprint density at radius 3 is 2.38 bits per heavy atom. The Kier molecular flexibility index (Phi) is 5.37. The van der Waals surface area contributed by atoms with E-state index in [1.807, 2.05) is 6.07 Å². The number of benzene rings is 2. The monoisotopic (exact) mass is 343 g/mol. The summed E-state index contributed by atoms with van der Waals surface area (Å²) < 4.78 is 29.9. The summed E-state index contributed by atoms with van der Waals surface area (Å²) in [5.74, 6) is 0.305. The van der Waals surface area contributed by atoms with Crippen molar-refractivity contribution in [3.05, 3.63) is 59.2 Å². The quantitative estimate of drug-likeness (QED) is 0.752. The van der Waals surface area contributed by atoms with E-state index in [0.717, 1.165) is 5.56 Å². The zero-order valence-corrected chi connectivity index (χ0v) is 14.3. The van der Waals surface area contributed by atoms with Crippen LogP contribution >= 0.6 is 0 Å². The van der Waals surface area contributed by atoms with E-state index in [2.05, 4.69) is 0 Å². The average molecular weight is 343 g/mol. The van der Waals surface area contributed by atoms with Crippen molar-refractivity contribution in [1.82, 2.24) is 0 Å². The fraction of sp³-hybridized carbons (Fsp3) is 0.222. The molecule has 0 aliphatic carbocycles. The van der Waals surface area contributed by atoms with Crippen molar-refractivity contribution in [1.29, 1.82) is 5.26 Å². The summed E-state index contributed by atoms with van der Waals surface area (Å²) >= 11 is 0. The van der Waals surface area contributed by atoms with E-state index in [0.29, 0.717) is 24.0 Å². The molecule has 0 saturated carbocycles. The number of Topliss-reactive ketones (excluding diaryl/α,β-unsaturated/α-hetero) is 1. The van der Waals surface area contributed by atoms with Crippen molar-refractivity contribution < 1.29 is 17.4 Å². The van der Waals surface area contributed by atoms with E-state index in [1.54, 1.807) is 31.2 Å². The number of hydrogen-bond donors (Lipinski definition) is 0. The molecule has 0 radical (unpaired) electrons. The summed E-state index contributed by atoms with van der Waals surface area (Å²) in [5, 5.41) is 8.84. The molecule has 2 aromatic rings. The predicted octanol–water partition coefficient (Wildman–Crippen LogP) is 3.16. The summed E-state index contributed by atoms with van der Waals surface area (Å²) in [6.07, 6.45) is 1.06. The molecule has 0 N–H and O–H groups in total. The van der Waals surface area contributed by atoms with Crippen LogP contribution in [0.2, 0.25) is 0 Å².